The van der Waals surface area contributed by atoms with E-state index in [1.165, 1.54) is 17.4 Å². The molecule has 2 aromatic rings. The molecule has 1 aromatic heterocycles. The smallest absolute Gasteiger partial charge is 0.323 e. The van der Waals surface area contributed by atoms with E-state index >= 15 is 0 Å². The van der Waals surface area contributed by atoms with Crippen LogP contribution in [0.5, 0.6) is 0 Å². The lowest BCUT2D eigenvalue weighted by Crippen LogP contribution is -2.47. The van der Waals surface area contributed by atoms with E-state index < -0.39 is 41.6 Å². The molecule has 1 atom stereocenters. The second-order valence-electron chi connectivity index (χ2n) is 7.45. The van der Waals surface area contributed by atoms with Crippen LogP contribution in [-0.4, -0.2) is 34.8 Å². The molecule has 1 aliphatic carbocycles. The van der Waals surface area contributed by atoms with Gasteiger partial charge in [-0.3, -0.25) is 14.5 Å². The molecular formula is C20H19F2N3O3S. The summed E-state index contributed by atoms with van der Waals surface area (Å²) in [5.41, 5.74) is -1.11. The highest BCUT2D eigenvalue weighted by molar-refractivity contribution is 7.09. The van der Waals surface area contributed by atoms with E-state index in [0.29, 0.717) is 6.07 Å². The molecule has 2 heterocycles. The zero-order chi connectivity index (χ0) is 20.8. The number of thiophene rings is 1. The zero-order valence-corrected chi connectivity index (χ0v) is 16.5. The van der Waals surface area contributed by atoms with Crippen LogP contribution in [-0.2, 0) is 16.1 Å². The fourth-order valence-electron chi connectivity index (χ4n) is 3.58. The highest BCUT2D eigenvalue weighted by Crippen LogP contribution is 2.42. The van der Waals surface area contributed by atoms with Gasteiger partial charge in [-0.05, 0) is 49.3 Å². The van der Waals surface area contributed by atoms with E-state index in [9.17, 15) is 23.2 Å². The SMILES string of the molecule is CC1(C2CC2)NC(=O)N(CC(=O)N(Cc2cccs2)c2ccc(F)cc2F)C1=O. The predicted molar refractivity (Wildman–Crippen MR) is 103 cm³/mol. The summed E-state index contributed by atoms with van der Waals surface area (Å²) in [4.78, 5) is 41.0. The Balaban J connectivity index is 1.59. The number of halogens is 2. The standard InChI is InChI=1S/C20H19F2N3O3S/c1-20(12-4-5-12)18(27)25(19(28)23-20)11-17(26)24(10-14-3-2-8-29-14)16-7-6-13(21)9-15(16)22/h2-3,6-9,12H,4-5,10-11H2,1H3,(H,23,28). The Hall–Kier alpha value is -2.81. The molecule has 1 N–H and O–H groups in total. The maximum atomic E-state index is 14.4. The van der Waals surface area contributed by atoms with Gasteiger partial charge in [0.2, 0.25) is 5.91 Å². The highest BCUT2D eigenvalue weighted by atomic mass is 32.1. The highest BCUT2D eigenvalue weighted by Gasteiger charge is 2.56. The first-order chi connectivity index (χ1) is 13.8. The Labute approximate surface area is 170 Å². The molecule has 4 amide bonds. The summed E-state index contributed by atoms with van der Waals surface area (Å²) < 4.78 is 27.7. The van der Waals surface area contributed by atoms with Crippen LogP contribution in [0.4, 0.5) is 19.3 Å². The van der Waals surface area contributed by atoms with Gasteiger partial charge in [0.1, 0.15) is 23.7 Å². The number of benzene rings is 1. The third-order valence-electron chi connectivity index (χ3n) is 5.38. The molecular weight excluding hydrogens is 400 g/mol. The molecule has 152 valence electrons. The molecule has 2 fully saturated rings. The zero-order valence-electron chi connectivity index (χ0n) is 15.7. The Kier molecular flexibility index (Phi) is 4.85. The fourth-order valence-corrected chi connectivity index (χ4v) is 4.28. The number of urea groups is 1. The van der Waals surface area contributed by atoms with Crippen LogP contribution in [0.1, 0.15) is 24.6 Å². The number of carbonyl (C=O) groups is 3. The molecule has 2 aliphatic rings. The first-order valence-corrected chi connectivity index (χ1v) is 10.1. The lowest BCUT2D eigenvalue weighted by atomic mass is 9.96. The maximum Gasteiger partial charge on any atom is 0.325 e. The summed E-state index contributed by atoms with van der Waals surface area (Å²) >= 11 is 1.38. The molecule has 1 saturated heterocycles. The van der Waals surface area contributed by atoms with Gasteiger partial charge in [-0.15, -0.1) is 11.3 Å². The second-order valence-corrected chi connectivity index (χ2v) is 8.49. The van der Waals surface area contributed by atoms with Crippen LogP contribution in [0.25, 0.3) is 0 Å². The summed E-state index contributed by atoms with van der Waals surface area (Å²) in [7, 11) is 0. The summed E-state index contributed by atoms with van der Waals surface area (Å²) in [6.45, 7) is 1.19. The van der Waals surface area contributed by atoms with Crippen LogP contribution in [0.15, 0.2) is 35.7 Å². The van der Waals surface area contributed by atoms with Gasteiger partial charge in [0.25, 0.3) is 5.91 Å². The third kappa shape index (κ3) is 3.62. The number of nitrogens with one attached hydrogen (secondary N) is 1. The predicted octanol–water partition coefficient (Wildman–Crippen LogP) is 3.28. The van der Waals surface area contributed by atoms with Crippen molar-refractivity contribution in [1.29, 1.82) is 0 Å². The van der Waals surface area contributed by atoms with Crippen molar-refractivity contribution in [2.75, 3.05) is 11.4 Å². The van der Waals surface area contributed by atoms with Crippen LogP contribution >= 0.6 is 11.3 Å². The van der Waals surface area contributed by atoms with E-state index in [-0.39, 0.29) is 18.2 Å². The number of carbonyl (C=O) groups excluding carboxylic acids is 3. The minimum atomic E-state index is -1.00. The number of rotatable bonds is 6. The van der Waals surface area contributed by atoms with E-state index in [0.717, 1.165) is 33.6 Å². The quantitative estimate of drug-likeness (QED) is 0.731. The average Bonchev–Trinajstić information content (AvgIpc) is 3.36. The van der Waals surface area contributed by atoms with Crippen LogP contribution < -0.4 is 10.2 Å². The summed E-state index contributed by atoms with van der Waals surface area (Å²) in [6, 6.07) is 5.88. The van der Waals surface area contributed by atoms with Crippen molar-refractivity contribution in [3.63, 3.8) is 0 Å². The van der Waals surface area contributed by atoms with Crippen LogP contribution in [0.3, 0.4) is 0 Å². The van der Waals surface area contributed by atoms with E-state index in [1.807, 2.05) is 5.38 Å². The van der Waals surface area contributed by atoms with Crippen molar-refractivity contribution >= 4 is 34.9 Å². The van der Waals surface area contributed by atoms with Gasteiger partial charge in [0.15, 0.2) is 0 Å². The lowest BCUT2D eigenvalue weighted by molar-refractivity contribution is -0.134. The van der Waals surface area contributed by atoms with Crippen molar-refractivity contribution < 1.29 is 23.2 Å². The molecule has 0 bridgehead atoms. The number of hydrogen-bond donors (Lipinski definition) is 1. The van der Waals surface area contributed by atoms with Gasteiger partial charge < -0.3 is 10.2 Å². The van der Waals surface area contributed by atoms with Crippen LogP contribution in [0, 0.1) is 17.6 Å². The molecule has 0 radical (unpaired) electrons. The van der Waals surface area contributed by atoms with Gasteiger partial charge in [0, 0.05) is 10.9 Å². The minimum absolute atomic E-state index is 0.0442. The fraction of sp³-hybridized carbons (Fsp3) is 0.350. The van der Waals surface area contributed by atoms with Gasteiger partial charge in [-0.2, -0.15) is 0 Å². The number of amides is 4. The van der Waals surface area contributed by atoms with Crippen molar-refractivity contribution in [2.45, 2.75) is 31.8 Å². The van der Waals surface area contributed by atoms with Crippen LogP contribution in [0.2, 0.25) is 0 Å². The molecule has 1 saturated carbocycles. The second kappa shape index (κ2) is 7.22. The summed E-state index contributed by atoms with van der Waals surface area (Å²) in [6.07, 6.45) is 1.69. The Morgan fingerprint density at radius 3 is 2.69 bits per heavy atom. The Morgan fingerprint density at radius 2 is 2.07 bits per heavy atom. The summed E-state index contributed by atoms with van der Waals surface area (Å²) in [5.74, 6) is -2.67. The number of hydrogen-bond acceptors (Lipinski definition) is 4. The summed E-state index contributed by atoms with van der Waals surface area (Å²) in [5, 5.41) is 4.50. The minimum Gasteiger partial charge on any atom is -0.323 e. The van der Waals surface area contributed by atoms with Crippen molar-refractivity contribution in [2.24, 2.45) is 5.92 Å². The topological polar surface area (TPSA) is 69.7 Å². The van der Waals surface area contributed by atoms with Gasteiger partial charge in [-0.25, -0.2) is 13.6 Å². The van der Waals surface area contributed by atoms with Crippen molar-refractivity contribution in [1.82, 2.24) is 10.2 Å². The van der Waals surface area contributed by atoms with E-state index in [4.69, 9.17) is 0 Å². The average molecular weight is 419 g/mol. The van der Waals surface area contributed by atoms with Crippen molar-refractivity contribution in [3.05, 3.63) is 52.2 Å². The molecule has 1 unspecified atom stereocenters. The van der Waals surface area contributed by atoms with Gasteiger partial charge in [0.05, 0.1) is 12.2 Å². The normalized spacial score (nSPS) is 21.4. The number of imide groups is 1. The molecule has 4 rings (SSSR count). The number of anilines is 1. The molecule has 6 nitrogen and oxygen atoms in total. The first-order valence-electron chi connectivity index (χ1n) is 9.21. The van der Waals surface area contributed by atoms with E-state index in [1.54, 1.807) is 19.1 Å². The van der Waals surface area contributed by atoms with Gasteiger partial charge >= 0.3 is 6.03 Å². The Morgan fingerprint density at radius 1 is 1.31 bits per heavy atom. The monoisotopic (exact) mass is 419 g/mol. The first kappa shape index (κ1) is 19.5. The largest absolute Gasteiger partial charge is 0.325 e. The molecule has 0 spiro atoms. The van der Waals surface area contributed by atoms with Gasteiger partial charge in [-0.1, -0.05) is 6.07 Å². The third-order valence-corrected chi connectivity index (χ3v) is 6.25. The van der Waals surface area contributed by atoms with Crippen molar-refractivity contribution in [3.8, 4) is 0 Å². The molecule has 9 heteroatoms. The Bertz CT molecular complexity index is 977. The molecule has 29 heavy (non-hydrogen) atoms. The maximum absolute atomic E-state index is 14.4. The lowest BCUT2D eigenvalue weighted by Gasteiger charge is -2.25. The molecule has 1 aromatic carbocycles. The number of nitrogens with zero attached hydrogens (tertiary/aromatic N) is 2. The molecule has 1 aliphatic heterocycles. The van der Waals surface area contributed by atoms with E-state index in [2.05, 4.69) is 5.32 Å².